The van der Waals surface area contributed by atoms with Crippen molar-refractivity contribution < 1.29 is 8.42 Å². The van der Waals surface area contributed by atoms with Crippen LogP contribution in [0, 0.1) is 0 Å². The second-order valence-electron chi connectivity index (χ2n) is 6.10. The minimum Gasteiger partial charge on any atom is -0.367 e. The summed E-state index contributed by atoms with van der Waals surface area (Å²) in [6.07, 6.45) is 0. The Kier molecular flexibility index (Phi) is 4.66. The molecular weight excluding hydrogens is 398 g/mol. The highest BCUT2D eigenvalue weighted by Crippen LogP contribution is 2.26. The van der Waals surface area contributed by atoms with Crippen molar-refractivity contribution in [2.45, 2.75) is 11.4 Å². The first-order valence-corrected chi connectivity index (χ1v) is 10.2. The van der Waals surface area contributed by atoms with Crippen LogP contribution in [0.5, 0.6) is 0 Å². The van der Waals surface area contributed by atoms with Gasteiger partial charge in [-0.05, 0) is 29.1 Å². The molecule has 1 heterocycles. The minimum absolute atomic E-state index is 0.117. The van der Waals surface area contributed by atoms with Crippen LogP contribution in [-0.2, 0) is 16.6 Å². The van der Waals surface area contributed by atoms with Crippen LogP contribution < -0.4 is 11.1 Å². The lowest BCUT2D eigenvalue weighted by Gasteiger charge is -2.08. The Morgan fingerprint density at radius 2 is 1.71 bits per heavy atom. The Labute approximate surface area is 166 Å². The van der Waals surface area contributed by atoms with Gasteiger partial charge in [-0.25, -0.2) is 0 Å². The van der Waals surface area contributed by atoms with E-state index in [0.717, 1.165) is 15.0 Å². The van der Waals surface area contributed by atoms with Crippen LogP contribution in [0.1, 0.15) is 5.56 Å². The maximum Gasteiger partial charge on any atom is 0.286 e. The van der Waals surface area contributed by atoms with Crippen LogP contribution in [0.3, 0.4) is 0 Å². The molecule has 0 unspecified atom stereocenters. The number of nitrogens with one attached hydrogen (secondary N) is 1. The monoisotopic (exact) mass is 413 g/mol. The smallest absolute Gasteiger partial charge is 0.286 e. The molecule has 9 heteroatoms. The molecule has 28 heavy (non-hydrogen) atoms. The minimum atomic E-state index is -4.00. The molecule has 0 aliphatic heterocycles. The van der Waals surface area contributed by atoms with Crippen LogP contribution in [0.2, 0.25) is 5.02 Å². The SMILES string of the molecule is Nc1nc(NCc2ccc(Cl)cc2)nn1S(=O)(=O)c1cccc2ccccc12. The van der Waals surface area contributed by atoms with E-state index in [1.807, 2.05) is 30.3 Å². The van der Waals surface area contributed by atoms with E-state index in [9.17, 15) is 8.42 Å². The summed E-state index contributed by atoms with van der Waals surface area (Å²) in [5.74, 6) is -0.0946. The molecule has 0 aliphatic rings. The third kappa shape index (κ3) is 3.39. The molecule has 0 fully saturated rings. The number of benzene rings is 3. The summed E-state index contributed by atoms with van der Waals surface area (Å²) in [7, 11) is -4.00. The van der Waals surface area contributed by atoms with E-state index in [2.05, 4.69) is 15.4 Å². The Hall–Kier alpha value is -3.10. The average Bonchev–Trinajstić information content (AvgIpc) is 3.08. The molecule has 7 nitrogen and oxygen atoms in total. The van der Waals surface area contributed by atoms with Gasteiger partial charge in [-0.1, -0.05) is 60.1 Å². The number of halogens is 1. The van der Waals surface area contributed by atoms with Crippen LogP contribution in [0.15, 0.2) is 71.6 Å². The van der Waals surface area contributed by atoms with E-state index in [-0.39, 0.29) is 16.8 Å². The van der Waals surface area contributed by atoms with Crippen molar-refractivity contribution in [1.29, 1.82) is 0 Å². The van der Waals surface area contributed by atoms with Gasteiger partial charge >= 0.3 is 0 Å². The largest absolute Gasteiger partial charge is 0.367 e. The fraction of sp³-hybridized carbons (Fsp3) is 0.0526. The zero-order valence-corrected chi connectivity index (χ0v) is 16.2. The normalized spacial score (nSPS) is 11.6. The van der Waals surface area contributed by atoms with Crippen molar-refractivity contribution >= 4 is 44.3 Å². The molecule has 0 saturated carbocycles. The number of hydrogen-bond acceptors (Lipinski definition) is 6. The van der Waals surface area contributed by atoms with Gasteiger partial charge in [-0.2, -0.15) is 13.4 Å². The number of rotatable bonds is 5. The zero-order valence-electron chi connectivity index (χ0n) is 14.6. The van der Waals surface area contributed by atoms with Gasteiger partial charge in [0.05, 0.1) is 4.90 Å². The Morgan fingerprint density at radius 1 is 1.00 bits per heavy atom. The first kappa shape index (κ1) is 18.3. The molecule has 1 aromatic heterocycles. The number of fused-ring (bicyclic) bond motifs is 1. The number of aromatic nitrogens is 3. The third-order valence-corrected chi connectivity index (χ3v) is 6.11. The summed E-state index contributed by atoms with van der Waals surface area (Å²) in [5, 5.41) is 9.06. The quantitative estimate of drug-likeness (QED) is 0.519. The van der Waals surface area contributed by atoms with E-state index >= 15 is 0 Å². The molecule has 0 bridgehead atoms. The summed E-state index contributed by atoms with van der Waals surface area (Å²) in [6, 6.07) is 19.5. The second-order valence-corrected chi connectivity index (χ2v) is 8.27. The summed E-state index contributed by atoms with van der Waals surface area (Å²) < 4.78 is 27.0. The summed E-state index contributed by atoms with van der Waals surface area (Å²) in [6.45, 7) is 0.398. The van der Waals surface area contributed by atoms with Crippen LogP contribution in [-0.4, -0.2) is 22.6 Å². The molecule has 0 spiro atoms. The highest BCUT2D eigenvalue weighted by atomic mass is 35.5. The van der Waals surface area contributed by atoms with Crippen molar-refractivity contribution in [3.05, 3.63) is 77.3 Å². The van der Waals surface area contributed by atoms with Gasteiger partial charge in [-0.15, -0.1) is 9.19 Å². The predicted molar refractivity (Wildman–Crippen MR) is 110 cm³/mol. The lowest BCUT2D eigenvalue weighted by molar-refractivity contribution is 0.582. The molecule has 3 aromatic carbocycles. The van der Waals surface area contributed by atoms with Gasteiger partial charge in [0.15, 0.2) is 0 Å². The van der Waals surface area contributed by atoms with E-state index in [1.54, 1.807) is 30.3 Å². The van der Waals surface area contributed by atoms with Crippen LogP contribution in [0.4, 0.5) is 11.9 Å². The first-order valence-electron chi connectivity index (χ1n) is 8.39. The summed E-state index contributed by atoms with van der Waals surface area (Å²) >= 11 is 5.87. The van der Waals surface area contributed by atoms with E-state index in [4.69, 9.17) is 17.3 Å². The highest BCUT2D eigenvalue weighted by molar-refractivity contribution is 7.90. The molecule has 142 valence electrons. The zero-order chi connectivity index (χ0) is 19.7. The fourth-order valence-corrected chi connectivity index (χ4v) is 4.36. The van der Waals surface area contributed by atoms with Crippen molar-refractivity contribution in [3.63, 3.8) is 0 Å². The van der Waals surface area contributed by atoms with Gasteiger partial charge < -0.3 is 11.1 Å². The van der Waals surface area contributed by atoms with Gasteiger partial charge in [0.25, 0.3) is 10.0 Å². The van der Waals surface area contributed by atoms with E-state index in [1.165, 1.54) is 6.07 Å². The molecule has 0 amide bonds. The van der Waals surface area contributed by atoms with Gasteiger partial charge in [0.2, 0.25) is 11.9 Å². The third-order valence-electron chi connectivity index (χ3n) is 4.22. The molecule has 0 radical (unpaired) electrons. The molecule has 0 aliphatic carbocycles. The maximum absolute atomic E-state index is 13.1. The average molecular weight is 414 g/mol. The van der Waals surface area contributed by atoms with Crippen molar-refractivity contribution in [3.8, 4) is 0 Å². The Bertz CT molecular complexity index is 1250. The molecular formula is C19H16ClN5O2S. The molecule has 3 N–H and O–H groups in total. The van der Waals surface area contributed by atoms with E-state index < -0.39 is 10.0 Å². The highest BCUT2D eigenvalue weighted by Gasteiger charge is 2.24. The number of nitrogens with zero attached hydrogens (tertiary/aromatic N) is 3. The fourth-order valence-electron chi connectivity index (χ4n) is 2.86. The molecule has 0 saturated heterocycles. The lowest BCUT2D eigenvalue weighted by Crippen LogP contribution is -2.17. The Balaban J connectivity index is 1.66. The Morgan fingerprint density at radius 3 is 2.50 bits per heavy atom. The maximum atomic E-state index is 13.1. The number of nitrogen functional groups attached to an aromatic ring is 1. The molecule has 0 atom stereocenters. The number of hydrogen-bond donors (Lipinski definition) is 2. The number of anilines is 2. The topological polar surface area (TPSA) is 103 Å². The van der Waals surface area contributed by atoms with Crippen molar-refractivity contribution in [2.24, 2.45) is 0 Å². The van der Waals surface area contributed by atoms with E-state index in [0.29, 0.717) is 17.0 Å². The second kappa shape index (κ2) is 7.14. The summed E-state index contributed by atoms with van der Waals surface area (Å²) in [4.78, 5) is 4.15. The predicted octanol–water partition coefficient (Wildman–Crippen LogP) is 3.52. The van der Waals surface area contributed by atoms with Crippen LogP contribution in [0.25, 0.3) is 10.8 Å². The van der Waals surface area contributed by atoms with Gasteiger partial charge in [-0.3, -0.25) is 0 Å². The van der Waals surface area contributed by atoms with Crippen molar-refractivity contribution in [2.75, 3.05) is 11.1 Å². The van der Waals surface area contributed by atoms with Crippen LogP contribution >= 0.6 is 11.6 Å². The lowest BCUT2D eigenvalue weighted by atomic mass is 10.1. The first-order chi connectivity index (χ1) is 13.4. The van der Waals surface area contributed by atoms with Gasteiger partial charge in [0, 0.05) is 17.0 Å². The molecule has 4 aromatic rings. The molecule has 4 rings (SSSR count). The number of nitrogens with two attached hydrogens (primary N) is 1. The van der Waals surface area contributed by atoms with Gasteiger partial charge in [0.1, 0.15) is 0 Å². The standard InChI is InChI=1S/C19H16ClN5O2S/c20-15-10-8-13(9-11-15)12-22-19-23-18(21)25(24-19)28(26,27)17-7-3-5-14-4-1-2-6-16(14)17/h1-11H,12H2,(H3,21,22,23,24). The summed E-state index contributed by atoms with van der Waals surface area (Å²) in [5.41, 5.74) is 6.79. The van der Waals surface area contributed by atoms with Crippen molar-refractivity contribution in [1.82, 2.24) is 14.2 Å².